The minimum atomic E-state index is -0.707. The second kappa shape index (κ2) is 29.4. The summed E-state index contributed by atoms with van der Waals surface area (Å²) >= 11 is 0. The monoisotopic (exact) mass is 1390 g/mol. The Morgan fingerprint density at radius 3 is 1.04 bits per heavy atom. The van der Waals surface area contributed by atoms with E-state index in [4.69, 9.17) is 18.9 Å². The van der Waals surface area contributed by atoms with Crippen molar-refractivity contribution in [3.05, 3.63) is 353 Å². The largest absolute Gasteiger partial charge is 0.502 e. The predicted octanol–water partition coefficient (Wildman–Crippen LogP) is 10.2. The van der Waals surface area contributed by atoms with Crippen molar-refractivity contribution in [3.63, 3.8) is 0 Å². The lowest BCUT2D eigenvalue weighted by Crippen LogP contribution is -2.55. The first-order valence-electron chi connectivity index (χ1n) is 33.1. The zero-order valence-corrected chi connectivity index (χ0v) is 55.1. The molecule has 0 saturated carbocycles. The third kappa shape index (κ3) is 13.3. The lowest BCUT2D eigenvalue weighted by molar-refractivity contribution is 0.0691. The Hall–Kier alpha value is -13.0. The highest BCUT2D eigenvalue weighted by Crippen LogP contribution is 2.42. The van der Waals surface area contributed by atoms with Crippen LogP contribution in [0.4, 0.5) is 13.2 Å². The van der Waals surface area contributed by atoms with Crippen LogP contribution in [0.15, 0.2) is 264 Å². The van der Waals surface area contributed by atoms with Gasteiger partial charge in [0, 0.05) is 89.8 Å². The Balaban J connectivity index is 0.000000132. The lowest BCUT2D eigenvalue weighted by Gasteiger charge is -2.44. The molecule has 3 aromatic heterocycles. The molecule has 0 saturated heterocycles. The fourth-order valence-electron chi connectivity index (χ4n) is 13.4. The van der Waals surface area contributed by atoms with Gasteiger partial charge in [-0.05, 0) is 60.2 Å². The summed E-state index contributed by atoms with van der Waals surface area (Å²) in [4.78, 5) is 82.1. The molecule has 0 aliphatic carbocycles. The number of benzene rings is 7. The van der Waals surface area contributed by atoms with E-state index >= 15 is 13.2 Å². The van der Waals surface area contributed by atoms with Crippen molar-refractivity contribution in [3.8, 4) is 34.5 Å². The highest BCUT2D eigenvalue weighted by molar-refractivity contribution is 5.98. The van der Waals surface area contributed by atoms with Crippen LogP contribution in [0.2, 0.25) is 0 Å². The van der Waals surface area contributed by atoms with Gasteiger partial charge in [0.1, 0.15) is 99.3 Å². The van der Waals surface area contributed by atoms with Crippen molar-refractivity contribution in [1.82, 2.24) is 28.7 Å². The summed E-state index contributed by atoms with van der Waals surface area (Å²) in [5.74, 6) is -2.12. The summed E-state index contributed by atoms with van der Waals surface area (Å²) < 4.78 is 74.2. The van der Waals surface area contributed by atoms with Crippen LogP contribution in [-0.4, -0.2) is 116 Å². The second-order valence-corrected chi connectivity index (χ2v) is 24.5. The molecule has 3 amide bonds. The molecule has 24 heteroatoms. The second-order valence-electron chi connectivity index (χ2n) is 24.5. The smallest absolute Gasteiger partial charge is 0.278 e. The highest BCUT2D eigenvalue weighted by atomic mass is 19.1. The van der Waals surface area contributed by atoms with Gasteiger partial charge >= 0.3 is 0 Å². The topological polar surface area (TPSA) is 214 Å². The Morgan fingerprint density at radius 1 is 0.359 bits per heavy atom. The molecule has 6 aliphatic heterocycles. The molecule has 7 aromatic carbocycles. The molecule has 21 nitrogen and oxygen atoms in total. The molecule has 2 N–H and O–H groups in total. The van der Waals surface area contributed by atoms with E-state index in [1.807, 2.05) is 120 Å². The molecule has 0 fully saturated rings. The maximum absolute atomic E-state index is 15.4. The molecule has 6 aliphatic rings. The molecule has 103 heavy (non-hydrogen) atoms. The number of fused-ring (bicyclic) bond motifs is 15. The number of rotatable bonds is 6. The number of pyridine rings is 3. The number of carbonyl (C=O) groups excluding carboxylic acids is 3. The van der Waals surface area contributed by atoms with E-state index in [1.165, 1.54) is 67.9 Å². The molecular weight excluding hydrogens is 1320 g/mol. The highest BCUT2D eigenvalue weighted by Gasteiger charge is 2.42. The van der Waals surface area contributed by atoms with Gasteiger partial charge < -0.3 is 43.9 Å². The summed E-state index contributed by atoms with van der Waals surface area (Å²) in [5.41, 5.74) is 2.18. The summed E-state index contributed by atoms with van der Waals surface area (Å²) in [5, 5.41) is 26.3. The molecule has 16 rings (SSSR count). The van der Waals surface area contributed by atoms with E-state index in [2.05, 4.69) is 0 Å². The van der Waals surface area contributed by atoms with E-state index in [9.17, 15) is 39.0 Å². The van der Waals surface area contributed by atoms with E-state index in [1.54, 1.807) is 105 Å². The summed E-state index contributed by atoms with van der Waals surface area (Å²) in [6.07, 6.45) is 15.3. The van der Waals surface area contributed by atoms with Crippen LogP contribution in [0.1, 0.15) is 88.5 Å². The number of para-hydroxylation sites is 3. The number of hydrogen-bond acceptors (Lipinski definition) is 15. The van der Waals surface area contributed by atoms with Crippen molar-refractivity contribution < 1.29 is 56.7 Å². The lowest BCUT2D eigenvalue weighted by atomic mass is 9.96. The van der Waals surface area contributed by atoms with Crippen LogP contribution in [0.25, 0.3) is 0 Å². The molecular formula is C79H66F3N9O12. The summed E-state index contributed by atoms with van der Waals surface area (Å²) in [6, 6.07) is 52.6. The molecule has 9 heterocycles. The first-order chi connectivity index (χ1) is 50.2. The zero-order valence-electron chi connectivity index (χ0n) is 55.1. The number of amides is 3. The van der Waals surface area contributed by atoms with Crippen LogP contribution < -0.4 is 50.3 Å². The Labute approximate surface area is 587 Å². The first kappa shape index (κ1) is 67.2. The summed E-state index contributed by atoms with van der Waals surface area (Å²) in [6.45, 7) is 2.07. The van der Waals surface area contributed by atoms with Gasteiger partial charge in [0.15, 0.2) is 34.3 Å². The minimum Gasteiger partial charge on any atom is -0.502 e. The van der Waals surface area contributed by atoms with Crippen LogP contribution in [-0.2, 0) is 6.61 Å². The minimum absolute atomic E-state index is 0.0447. The number of nitrogens with zero attached hydrogens (tertiary/aromatic N) is 9. The van der Waals surface area contributed by atoms with E-state index < -0.39 is 75.2 Å². The van der Waals surface area contributed by atoms with Gasteiger partial charge in [-0.3, -0.25) is 57.8 Å². The molecule has 0 spiro atoms. The van der Waals surface area contributed by atoms with Crippen LogP contribution >= 0.6 is 0 Å². The Kier molecular flexibility index (Phi) is 19.2. The van der Waals surface area contributed by atoms with Gasteiger partial charge in [-0.25, -0.2) is 13.2 Å². The fraction of sp³-hybridized carbons (Fsp3) is 0.165. The normalized spacial score (nSPS) is 18.2. The fourth-order valence-corrected chi connectivity index (χ4v) is 13.4. The van der Waals surface area contributed by atoms with Gasteiger partial charge in [0.2, 0.25) is 16.3 Å². The van der Waals surface area contributed by atoms with Gasteiger partial charge in [0.05, 0.1) is 0 Å². The molecule has 0 radical (unpaired) electrons. The zero-order chi connectivity index (χ0) is 71.3. The van der Waals surface area contributed by atoms with Crippen molar-refractivity contribution in [2.75, 3.05) is 74.5 Å². The van der Waals surface area contributed by atoms with Crippen molar-refractivity contribution >= 4 is 17.7 Å². The van der Waals surface area contributed by atoms with Crippen molar-refractivity contribution in [2.45, 2.75) is 24.7 Å². The number of halogens is 3. The number of aromatic hydroxyl groups is 2. The van der Waals surface area contributed by atoms with E-state index in [-0.39, 0.29) is 88.2 Å². The quantitative estimate of drug-likeness (QED) is 0.148. The standard InChI is InChI=1S/C31H26FN3O4.2C24H20FN3O4/c32-25-14-6-4-12-23(25)28-24-13-5-7-15-27(24)38-19-9-8-17-33-21-35(28)34-18-16-26(36)30(29(34)31(33)37)39-20-22-10-2-1-3-11-22;2*25-18-9-3-1-7-16(18)21-17-8-2-4-10-20(17)32-14-6-5-12-26-15-28(21)27-13-11-19(29)23(30)22(27)24(26)31/h1-16,18,28H,17,19-21H2;2*1-11,13,21,30H,12,14-15H2/b9-8-;2*6-5-/t;2*21-/m.10/s1. The number of carbonyl (C=O) groups is 3. The summed E-state index contributed by atoms with van der Waals surface area (Å²) in [7, 11) is 0. The Bertz CT molecular complexity index is 4980. The average Bonchev–Trinajstić information content (AvgIpc) is 1.23. The van der Waals surface area contributed by atoms with Gasteiger partial charge in [-0.15, -0.1) is 0 Å². The molecule has 1 unspecified atom stereocenters. The molecule has 6 bridgehead atoms. The SMILES string of the molecule is O=C1c2c(O)c(=O)ccn2N2CN1C/C=C\COc1ccccc1[C@@H]2c1ccccc1F.O=C1c2c(O)c(=O)ccn2N2CN1C/C=C\COc1ccccc1[C@H]2c1ccccc1F.O=C1c2c(OCc3ccccc3)c(=O)ccn2N2CN1C/C=C\COc1ccccc1C2c1ccccc1F. The molecule has 10 aromatic rings. The third-order valence-corrected chi connectivity index (χ3v) is 18.2. The maximum Gasteiger partial charge on any atom is 0.278 e. The maximum atomic E-state index is 15.4. The number of aromatic nitrogens is 3. The van der Waals surface area contributed by atoms with Crippen LogP contribution in [0.3, 0.4) is 0 Å². The Morgan fingerprint density at radius 2 is 0.670 bits per heavy atom. The van der Waals surface area contributed by atoms with Crippen molar-refractivity contribution in [1.29, 1.82) is 0 Å². The molecule has 520 valence electrons. The number of hydrogen-bond donors (Lipinski definition) is 2. The van der Waals surface area contributed by atoms with Crippen molar-refractivity contribution in [2.24, 2.45) is 0 Å². The first-order valence-corrected chi connectivity index (χ1v) is 33.1. The third-order valence-electron chi connectivity index (χ3n) is 18.2. The van der Waals surface area contributed by atoms with Crippen LogP contribution in [0.5, 0.6) is 34.5 Å². The predicted molar refractivity (Wildman–Crippen MR) is 377 cm³/mol. The molecule has 3 atom stereocenters. The number of ether oxygens (including phenoxy) is 4. The van der Waals surface area contributed by atoms with E-state index in [0.717, 1.165) is 11.1 Å². The van der Waals surface area contributed by atoms with Gasteiger partial charge in [0.25, 0.3) is 17.7 Å². The van der Waals surface area contributed by atoms with Crippen LogP contribution in [0, 0.1) is 17.5 Å². The van der Waals surface area contributed by atoms with Gasteiger partial charge in [-0.2, -0.15) is 0 Å². The van der Waals surface area contributed by atoms with E-state index in [0.29, 0.717) is 51.7 Å². The van der Waals surface area contributed by atoms with Gasteiger partial charge in [-0.1, -0.05) is 158 Å². The average molecular weight is 1390 g/mol.